The van der Waals surface area contributed by atoms with Crippen LogP contribution in [0.1, 0.15) is 24.0 Å². The molecule has 0 saturated carbocycles. The Morgan fingerprint density at radius 1 is 1.25 bits per heavy atom. The van der Waals surface area contributed by atoms with Gasteiger partial charge in [0.2, 0.25) is 17.7 Å². The van der Waals surface area contributed by atoms with Gasteiger partial charge in [0.15, 0.2) is 0 Å². The molecule has 4 rings (SSSR count). The fourth-order valence-electron chi connectivity index (χ4n) is 4.67. The van der Waals surface area contributed by atoms with Gasteiger partial charge in [0.25, 0.3) is 0 Å². The van der Waals surface area contributed by atoms with E-state index < -0.39 is 29.3 Å². The summed E-state index contributed by atoms with van der Waals surface area (Å²) < 4.78 is 5.32. The van der Waals surface area contributed by atoms with E-state index in [-0.39, 0.29) is 18.7 Å². The lowest BCUT2D eigenvalue weighted by molar-refractivity contribution is -0.130. The number of benzene rings is 2. The largest absolute Gasteiger partial charge is 0.495 e. The number of rotatable bonds is 5. The summed E-state index contributed by atoms with van der Waals surface area (Å²) in [4.78, 5) is 38.5. The Labute approximate surface area is 194 Å². The number of ether oxygens (including phenoxy) is 1. The number of aryl methyl sites for hydroxylation is 1. The van der Waals surface area contributed by atoms with Crippen LogP contribution in [0.3, 0.4) is 0 Å². The molecule has 0 bridgehead atoms. The molecule has 2 aromatic rings. The van der Waals surface area contributed by atoms with Gasteiger partial charge < -0.3 is 21.1 Å². The van der Waals surface area contributed by atoms with E-state index >= 15 is 0 Å². The lowest BCUT2D eigenvalue weighted by Crippen LogP contribution is -2.52. The number of halogens is 2. The van der Waals surface area contributed by atoms with Gasteiger partial charge in [-0.3, -0.25) is 19.7 Å². The van der Waals surface area contributed by atoms with Crippen LogP contribution in [0.15, 0.2) is 30.3 Å². The van der Waals surface area contributed by atoms with Gasteiger partial charge in [-0.2, -0.15) is 0 Å². The second-order valence-corrected chi connectivity index (χ2v) is 8.91. The second-order valence-electron chi connectivity index (χ2n) is 8.04. The van der Waals surface area contributed by atoms with Crippen molar-refractivity contribution in [3.63, 3.8) is 0 Å². The highest BCUT2D eigenvalue weighted by molar-refractivity contribution is 6.31. The molecule has 8 nitrogen and oxygen atoms in total. The number of anilines is 2. The molecule has 0 aliphatic carbocycles. The predicted octanol–water partition coefficient (Wildman–Crippen LogP) is 2.95. The molecule has 10 heteroatoms. The van der Waals surface area contributed by atoms with Crippen LogP contribution in [0, 0.1) is 12.8 Å². The number of fused-ring (bicyclic) bond motifs is 2. The zero-order valence-electron chi connectivity index (χ0n) is 17.4. The van der Waals surface area contributed by atoms with Gasteiger partial charge in [0, 0.05) is 33.8 Å². The third kappa shape index (κ3) is 3.68. The van der Waals surface area contributed by atoms with Gasteiger partial charge in [-0.25, -0.2) is 0 Å². The minimum atomic E-state index is -1.40. The summed E-state index contributed by atoms with van der Waals surface area (Å²) in [5, 5.41) is 9.79. The van der Waals surface area contributed by atoms with Gasteiger partial charge in [-0.15, -0.1) is 0 Å². The molecule has 32 heavy (non-hydrogen) atoms. The summed E-state index contributed by atoms with van der Waals surface area (Å²) in [7, 11) is 1.48. The molecule has 2 aromatic carbocycles. The summed E-state index contributed by atoms with van der Waals surface area (Å²) in [6, 6.07) is 7.78. The Balaban J connectivity index is 1.78. The molecule has 2 heterocycles. The molecule has 3 atom stereocenters. The van der Waals surface area contributed by atoms with Crippen molar-refractivity contribution >= 4 is 52.3 Å². The average Bonchev–Trinajstić information content (AvgIpc) is 3.21. The maximum atomic E-state index is 13.5. The number of hydrogen-bond donors (Lipinski definition) is 4. The zero-order chi connectivity index (χ0) is 23.2. The molecule has 0 aromatic heterocycles. The van der Waals surface area contributed by atoms with E-state index in [0.717, 1.165) is 5.56 Å². The van der Waals surface area contributed by atoms with Crippen molar-refractivity contribution in [2.24, 2.45) is 11.7 Å². The van der Waals surface area contributed by atoms with Gasteiger partial charge in [0.1, 0.15) is 11.3 Å². The number of methoxy groups -OCH3 is 1. The smallest absolute Gasteiger partial charge is 0.250 e. The number of primary amides is 1. The van der Waals surface area contributed by atoms with Crippen molar-refractivity contribution in [2.45, 2.75) is 31.3 Å². The van der Waals surface area contributed by atoms with Crippen molar-refractivity contribution in [1.29, 1.82) is 0 Å². The standard InChI is InChI=1S/C22H22Cl2N4O4/c1-10-5-12(24)6-14-19(10)27-21(31)22(14)15(8-13(28-22)9-18(25)29)20(30)26-16-7-11(23)3-4-17(16)32-2/h3-7,13,15,28H,8-9H2,1-2H3,(H2,25,29)(H,26,30)(H,27,31)/t13-,15-,22+/m1/s1. The highest BCUT2D eigenvalue weighted by Crippen LogP contribution is 2.49. The minimum Gasteiger partial charge on any atom is -0.495 e. The first-order chi connectivity index (χ1) is 15.1. The van der Waals surface area contributed by atoms with E-state index in [1.54, 1.807) is 30.3 Å². The third-order valence-electron chi connectivity index (χ3n) is 5.98. The van der Waals surface area contributed by atoms with Gasteiger partial charge in [0.05, 0.1) is 18.7 Å². The van der Waals surface area contributed by atoms with Crippen molar-refractivity contribution < 1.29 is 19.1 Å². The molecule has 2 aliphatic rings. The van der Waals surface area contributed by atoms with E-state index in [2.05, 4.69) is 16.0 Å². The molecular weight excluding hydrogens is 455 g/mol. The topological polar surface area (TPSA) is 123 Å². The summed E-state index contributed by atoms with van der Waals surface area (Å²) in [5.74, 6) is -1.77. The van der Waals surface area contributed by atoms with Crippen LogP contribution in [0.5, 0.6) is 5.75 Å². The van der Waals surface area contributed by atoms with Crippen LogP contribution < -0.4 is 26.4 Å². The van der Waals surface area contributed by atoms with Crippen LogP contribution in [0.25, 0.3) is 0 Å². The van der Waals surface area contributed by atoms with E-state index in [1.165, 1.54) is 7.11 Å². The molecule has 0 unspecified atom stereocenters. The Hall–Kier alpha value is -2.81. The fraction of sp³-hybridized carbons (Fsp3) is 0.318. The highest BCUT2D eigenvalue weighted by Gasteiger charge is 2.60. The molecule has 1 fully saturated rings. The predicted molar refractivity (Wildman–Crippen MR) is 122 cm³/mol. The van der Waals surface area contributed by atoms with Crippen molar-refractivity contribution in [3.05, 3.63) is 51.5 Å². The molecule has 5 N–H and O–H groups in total. The fourth-order valence-corrected chi connectivity index (χ4v) is 5.11. The molecule has 0 radical (unpaired) electrons. The lowest BCUT2D eigenvalue weighted by atomic mass is 9.79. The van der Waals surface area contributed by atoms with Crippen LogP contribution in [0.2, 0.25) is 10.0 Å². The summed E-state index contributed by atoms with van der Waals surface area (Å²) in [5.41, 5.74) is 6.32. The number of carbonyl (C=O) groups excluding carboxylic acids is 3. The Morgan fingerprint density at radius 2 is 2.00 bits per heavy atom. The number of nitrogens with two attached hydrogens (primary N) is 1. The van der Waals surface area contributed by atoms with E-state index in [4.69, 9.17) is 33.7 Å². The number of carbonyl (C=O) groups is 3. The molecule has 3 amide bonds. The molecule has 1 saturated heterocycles. The summed E-state index contributed by atoms with van der Waals surface area (Å²) >= 11 is 12.4. The first-order valence-electron chi connectivity index (χ1n) is 9.98. The van der Waals surface area contributed by atoms with E-state index in [9.17, 15) is 14.4 Å². The van der Waals surface area contributed by atoms with E-state index in [1.807, 2.05) is 6.92 Å². The number of amides is 3. The SMILES string of the molecule is COc1ccc(Cl)cc1NC(=O)[C@H]1C[C@H](CC(N)=O)N[C@]12C(=O)Nc1c(C)cc(Cl)cc12. The molecule has 1 spiro atoms. The highest BCUT2D eigenvalue weighted by atomic mass is 35.5. The Morgan fingerprint density at radius 3 is 2.69 bits per heavy atom. The lowest BCUT2D eigenvalue weighted by Gasteiger charge is -2.29. The molecular formula is C22H22Cl2N4O4. The van der Waals surface area contributed by atoms with Crippen molar-refractivity contribution in [1.82, 2.24) is 5.32 Å². The third-order valence-corrected chi connectivity index (χ3v) is 6.43. The first kappa shape index (κ1) is 22.4. The number of nitrogens with one attached hydrogen (secondary N) is 3. The van der Waals surface area contributed by atoms with Crippen molar-refractivity contribution in [2.75, 3.05) is 17.7 Å². The monoisotopic (exact) mass is 476 g/mol. The zero-order valence-corrected chi connectivity index (χ0v) is 18.9. The first-order valence-corrected chi connectivity index (χ1v) is 10.7. The van der Waals surface area contributed by atoms with Crippen LogP contribution in [-0.4, -0.2) is 30.9 Å². The number of hydrogen-bond acceptors (Lipinski definition) is 5. The quantitative estimate of drug-likeness (QED) is 0.528. The summed E-state index contributed by atoms with van der Waals surface area (Å²) in [6.45, 7) is 1.83. The summed E-state index contributed by atoms with van der Waals surface area (Å²) in [6.07, 6.45) is 0.199. The van der Waals surface area contributed by atoms with Crippen LogP contribution in [-0.2, 0) is 19.9 Å². The normalized spacial score (nSPS) is 23.7. The van der Waals surface area contributed by atoms with Crippen molar-refractivity contribution in [3.8, 4) is 5.75 Å². The minimum absolute atomic E-state index is 0.0197. The van der Waals surface area contributed by atoms with Crippen LogP contribution in [0.4, 0.5) is 11.4 Å². The Bertz CT molecular complexity index is 1140. The maximum absolute atomic E-state index is 13.5. The van der Waals surface area contributed by atoms with E-state index in [0.29, 0.717) is 32.7 Å². The van der Waals surface area contributed by atoms with Crippen LogP contribution >= 0.6 is 23.2 Å². The average molecular weight is 477 g/mol. The second kappa shape index (κ2) is 8.27. The molecule has 168 valence electrons. The van der Waals surface area contributed by atoms with Gasteiger partial charge in [-0.05, 0) is 49.2 Å². The maximum Gasteiger partial charge on any atom is 0.250 e. The molecule has 2 aliphatic heterocycles. The van der Waals surface area contributed by atoms with Gasteiger partial charge in [-0.1, -0.05) is 23.2 Å². The van der Waals surface area contributed by atoms with Gasteiger partial charge >= 0.3 is 0 Å². The Kier molecular flexibility index (Phi) is 5.79.